The minimum Gasteiger partial charge on any atom is -0.448 e. The van der Waals surface area contributed by atoms with Crippen molar-refractivity contribution in [3.05, 3.63) is 82.4 Å². The Bertz CT molecular complexity index is 1520. The number of hydrogen-bond acceptors (Lipinski definition) is 5. The largest absolute Gasteiger partial charge is 0.509 e. The summed E-state index contributed by atoms with van der Waals surface area (Å²) >= 11 is 0. The Morgan fingerprint density at radius 3 is 2.02 bits per heavy atom. The summed E-state index contributed by atoms with van der Waals surface area (Å²) in [4.78, 5) is 29.1. The van der Waals surface area contributed by atoms with Gasteiger partial charge in [0.15, 0.2) is 0 Å². The number of carbonyl (C=O) groups is 2. The molecule has 234 valence electrons. The third-order valence-corrected chi connectivity index (χ3v) is 8.34. The first-order chi connectivity index (χ1) is 20.7. The molecule has 3 aromatic rings. The van der Waals surface area contributed by atoms with Crippen molar-refractivity contribution in [2.75, 3.05) is 38.1 Å². The van der Waals surface area contributed by atoms with Gasteiger partial charge in [-0.3, -0.25) is 10.2 Å². The van der Waals surface area contributed by atoms with Crippen LogP contribution < -0.4 is 10.8 Å². The molecule has 5 rings (SSSR count). The molecule has 1 saturated heterocycles. The van der Waals surface area contributed by atoms with Crippen LogP contribution in [0.4, 0.5) is 28.2 Å². The van der Waals surface area contributed by atoms with Gasteiger partial charge < -0.3 is 27.3 Å². The molecule has 1 heterocycles. The van der Waals surface area contributed by atoms with Crippen molar-refractivity contribution in [3.63, 3.8) is 0 Å². The van der Waals surface area contributed by atoms with Crippen LogP contribution in [-0.2, 0) is 16.0 Å². The third-order valence-electron chi connectivity index (χ3n) is 8.34. The predicted octanol–water partition coefficient (Wildman–Crippen LogP) is 6.77. The summed E-state index contributed by atoms with van der Waals surface area (Å²) in [6.07, 6.45) is -1.21. The first kappa shape index (κ1) is 31.4. The number of nitrogens with zero attached hydrogens (tertiary/aromatic N) is 2. The highest BCUT2D eigenvalue weighted by molar-refractivity contribution is 6.74. The fraction of sp³-hybridized carbons (Fsp3) is 0.394. The Kier molecular flexibility index (Phi) is 8.71. The summed E-state index contributed by atoms with van der Waals surface area (Å²) in [5.74, 6) is -0.171. The molecule has 0 saturated carbocycles. The number of piperazine rings is 1. The van der Waals surface area contributed by atoms with E-state index in [-0.39, 0.29) is 30.3 Å². The lowest BCUT2D eigenvalue weighted by Crippen LogP contribution is -2.49. The molecule has 1 aliphatic carbocycles. The van der Waals surface area contributed by atoms with Crippen molar-refractivity contribution in [1.82, 2.24) is 9.80 Å². The molecule has 0 unspecified atom stereocenters. The van der Waals surface area contributed by atoms with Crippen molar-refractivity contribution in [3.8, 4) is 11.1 Å². The second kappa shape index (κ2) is 12.2. The van der Waals surface area contributed by atoms with E-state index in [4.69, 9.17) is 9.47 Å². The SMILES string of the molecule is Cc1c(CN2CCN(C(=O)OC(C)(C)C)CC2)cc([B-](F)(F)F)c(C)c1NC(=O)OCC1c2ccccc2-c2ccccc21. The number of rotatable bonds is 6. The molecule has 0 aromatic heterocycles. The highest BCUT2D eigenvalue weighted by atomic mass is 19.4. The lowest BCUT2D eigenvalue weighted by Gasteiger charge is -2.36. The number of anilines is 1. The molecule has 44 heavy (non-hydrogen) atoms. The smallest absolute Gasteiger partial charge is 0.448 e. The van der Waals surface area contributed by atoms with Crippen molar-refractivity contribution < 1.29 is 32.0 Å². The first-order valence-electron chi connectivity index (χ1n) is 14.9. The molecule has 1 aliphatic heterocycles. The van der Waals surface area contributed by atoms with E-state index in [1.54, 1.807) is 32.6 Å². The highest BCUT2D eigenvalue weighted by Gasteiger charge is 2.32. The average molecular weight is 608 g/mol. The van der Waals surface area contributed by atoms with E-state index >= 15 is 0 Å². The highest BCUT2D eigenvalue weighted by Crippen LogP contribution is 2.44. The fourth-order valence-electron chi connectivity index (χ4n) is 6.07. The Labute approximate surface area is 256 Å². The number of halogens is 3. The molecule has 0 radical (unpaired) electrons. The predicted molar refractivity (Wildman–Crippen MR) is 166 cm³/mol. The van der Waals surface area contributed by atoms with Crippen LogP contribution in [0.1, 0.15) is 54.5 Å². The summed E-state index contributed by atoms with van der Waals surface area (Å²) in [6.45, 7) is 5.21. The van der Waals surface area contributed by atoms with Crippen molar-refractivity contribution in [2.24, 2.45) is 0 Å². The van der Waals surface area contributed by atoms with Gasteiger partial charge in [0.05, 0.1) is 0 Å². The van der Waals surface area contributed by atoms with Crippen LogP contribution in [0.2, 0.25) is 0 Å². The van der Waals surface area contributed by atoms with Gasteiger partial charge in [0, 0.05) is 44.3 Å². The van der Waals surface area contributed by atoms with E-state index in [0.717, 1.165) is 22.3 Å². The Balaban J connectivity index is 1.30. The number of nitrogens with one attached hydrogen (secondary N) is 1. The van der Waals surface area contributed by atoms with E-state index in [2.05, 4.69) is 5.32 Å². The second-order valence-electron chi connectivity index (χ2n) is 12.5. The molecule has 3 aromatic carbocycles. The monoisotopic (exact) mass is 608 g/mol. The lowest BCUT2D eigenvalue weighted by atomic mass is 9.74. The number of fused-ring (bicyclic) bond motifs is 3. The quantitative estimate of drug-likeness (QED) is 0.313. The second-order valence-corrected chi connectivity index (χ2v) is 12.5. The molecular weight excluding hydrogens is 570 g/mol. The molecule has 7 nitrogen and oxygen atoms in total. The van der Waals surface area contributed by atoms with Crippen LogP contribution in [0.3, 0.4) is 0 Å². The van der Waals surface area contributed by atoms with Crippen molar-refractivity contribution in [1.29, 1.82) is 0 Å². The van der Waals surface area contributed by atoms with Crippen LogP contribution in [0, 0.1) is 13.8 Å². The summed E-state index contributed by atoms with van der Waals surface area (Å²) < 4.78 is 53.7. The first-order valence-corrected chi connectivity index (χ1v) is 14.9. The van der Waals surface area contributed by atoms with Crippen molar-refractivity contribution in [2.45, 2.75) is 52.7 Å². The van der Waals surface area contributed by atoms with Crippen molar-refractivity contribution >= 4 is 30.3 Å². The van der Waals surface area contributed by atoms with E-state index in [0.29, 0.717) is 37.3 Å². The van der Waals surface area contributed by atoms with Gasteiger partial charge in [0.2, 0.25) is 0 Å². The molecule has 1 fully saturated rings. The van der Waals surface area contributed by atoms with E-state index in [9.17, 15) is 22.5 Å². The van der Waals surface area contributed by atoms with Crippen LogP contribution in [-0.4, -0.2) is 67.4 Å². The molecule has 0 atom stereocenters. The van der Waals surface area contributed by atoms with Gasteiger partial charge in [-0.1, -0.05) is 60.2 Å². The molecule has 2 amide bonds. The molecule has 1 N–H and O–H groups in total. The van der Waals surface area contributed by atoms with Gasteiger partial charge in [0.1, 0.15) is 12.2 Å². The number of ether oxygens (including phenoxy) is 2. The third kappa shape index (κ3) is 6.72. The maximum absolute atomic E-state index is 14.2. The normalized spacial score (nSPS) is 15.5. The summed E-state index contributed by atoms with van der Waals surface area (Å²) in [5.41, 5.74) is 3.99. The van der Waals surface area contributed by atoms with Gasteiger partial charge in [-0.15, -0.1) is 5.46 Å². The minimum absolute atomic E-state index is 0.0398. The minimum atomic E-state index is -5.34. The molecule has 0 spiro atoms. The van der Waals surface area contributed by atoms with Gasteiger partial charge in [0.25, 0.3) is 0 Å². The topological polar surface area (TPSA) is 71.1 Å². The van der Waals surface area contributed by atoms with Gasteiger partial charge in [-0.05, 0) is 68.0 Å². The van der Waals surface area contributed by atoms with E-state index in [1.165, 1.54) is 13.0 Å². The number of hydrogen-bond donors (Lipinski definition) is 1. The Morgan fingerprint density at radius 2 is 1.48 bits per heavy atom. The maximum atomic E-state index is 14.2. The van der Waals surface area contributed by atoms with E-state index < -0.39 is 30.2 Å². The van der Waals surface area contributed by atoms with Crippen LogP contribution >= 0.6 is 0 Å². The lowest BCUT2D eigenvalue weighted by molar-refractivity contribution is 0.0139. The fourth-order valence-corrected chi connectivity index (χ4v) is 6.07. The average Bonchev–Trinajstić information content (AvgIpc) is 3.28. The molecular formula is C33H38BF3N3O4-. The van der Waals surface area contributed by atoms with Crippen LogP contribution in [0.5, 0.6) is 0 Å². The van der Waals surface area contributed by atoms with Crippen LogP contribution in [0.15, 0.2) is 54.6 Å². The number of benzene rings is 3. The van der Waals surface area contributed by atoms with Gasteiger partial charge in [-0.2, -0.15) is 0 Å². The summed E-state index contributed by atoms with van der Waals surface area (Å²) in [7, 11) is 0. The standard InChI is InChI=1S/C33H38BF3N3O4/c1-21-23(19-39-14-16-40(17-15-39)32(42)44-33(3,4)5)18-29(34(35,36)37)22(2)30(21)38-31(41)43-20-28-26-12-8-6-10-24(26)25-11-7-9-13-27(25)28/h6-13,18,28H,14-17,19-20H2,1-5H3,(H,38,41)/q-1. The Morgan fingerprint density at radius 1 is 0.909 bits per heavy atom. The zero-order chi connectivity index (χ0) is 31.8. The maximum Gasteiger partial charge on any atom is 0.509 e. The zero-order valence-electron chi connectivity index (χ0n) is 25.8. The molecule has 0 bridgehead atoms. The van der Waals surface area contributed by atoms with Gasteiger partial charge >= 0.3 is 19.2 Å². The Hall–Kier alpha value is -3.99. The molecule has 11 heteroatoms. The summed E-state index contributed by atoms with van der Waals surface area (Å²) in [5, 5.41) is 2.65. The van der Waals surface area contributed by atoms with Gasteiger partial charge in [-0.25, -0.2) is 9.59 Å². The number of amides is 2. The van der Waals surface area contributed by atoms with Crippen LogP contribution in [0.25, 0.3) is 11.1 Å². The molecule has 2 aliphatic rings. The van der Waals surface area contributed by atoms with E-state index in [1.807, 2.05) is 53.4 Å². The number of carbonyl (C=O) groups excluding carboxylic acids is 2. The summed E-state index contributed by atoms with van der Waals surface area (Å²) in [6, 6.07) is 17.1. The zero-order valence-corrected chi connectivity index (χ0v) is 25.8.